The molecule has 3 heterocycles. The van der Waals surface area contributed by atoms with Crippen LogP contribution in [0.4, 0.5) is 5.82 Å². The number of nitrogen functional groups attached to an aromatic ring is 1. The third-order valence-corrected chi connectivity index (χ3v) is 3.22. The molecule has 0 saturated carbocycles. The van der Waals surface area contributed by atoms with Gasteiger partial charge in [0.05, 0.1) is 12.2 Å². The number of rotatable bonds is 4. The van der Waals surface area contributed by atoms with Gasteiger partial charge in [0.1, 0.15) is 5.82 Å². The number of nitrogens with two attached hydrogens (primary N) is 1. The Labute approximate surface area is 122 Å². The molecule has 0 amide bonds. The van der Waals surface area contributed by atoms with Gasteiger partial charge in [-0.2, -0.15) is 0 Å². The summed E-state index contributed by atoms with van der Waals surface area (Å²) < 4.78 is 5.13. The van der Waals surface area contributed by atoms with E-state index in [-0.39, 0.29) is 0 Å². The predicted octanol–water partition coefficient (Wildman–Crippen LogP) is 1.86. The molecular weight excluding hydrogens is 266 g/mol. The van der Waals surface area contributed by atoms with Gasteiger partial charge < -0.3 is 10.5 Å². The van der Waals surface area contributed by atoms with Crippen molar-refractivity contribution < 1.29 is 4.74 Å². The first kappa shape index (κ1) is 13.4. The lowest BCUT2D eigenvalue weighted by Gasteiger charge is -2.10. The standard InChI is InChI=1S/C15H15N5O/c1-21-8-5-10-4-7-17-13(16)12(10)15-19-9-11-3-2-6-18-14(11)20-15/h2-4,6-7,9H,5,8H2,1H3,(H2,16,17). The monoisotopic (exact) mass is 281 g/mol. The van der Waals surface area contributed by atoms with Crippen LogP contribution in [-0.2, 0) is 11.2 Å². The van der Waals surface area contributed by atoms with Crippen LogP contribution in [0.15, 0.2) is 36.8 Å². The van der Waals surface area contributed by atoms with Gasteiger partial charge in [0.25, 0.3) is 0 Å². The molecular formula is C15H15N5O. The van der Waals surface area contributed by atoms with E-state index < -0.39 is 0 Å². The quantitative estimate of drug-likeness (QED) is 0.785. The number of anilines is 1. The van der Waals surface area contributed by atoms with Gasteiger partial charge in [-0.15, -0.1) is 0 Å². The number of pyridine rings is 2. The smallest absolute Gasteiger partial charge is 0.165 e. The second-order valence-electron chi connectivity index (χ2n) is 4.58. The minimum Gasteiger partial charge on any atom is -0.384 e. The molecule has 0 atom stereocenters. The molecule has 3 rings (SSSR count). The van der Waals surface area contributed by atoms with Crippen molar-refractivity contribution in [1.82, 2.24) is 19.9 Å². The van der Waals surface area contributed by atoms with E-state index in [2.05, 4.69) is 19.9 Å². The largest absolute Gasteiger partial charge is 0.384 e. The molecule has 106 valence electrons. The predicted molar refractivity (Wildman–Crippen MR) is 80.6 cm³/mol. The van der Waals surface area contributed by atoms with Crippen LogP contribution in [0, 0.1) is 0 Å². The Morgan fingerprint density at radius 3 is 2.90 bits per heavy atom. The number of hydrogen-bond donors (Lipinski definition) is 1. The molecule has 2 N–H and O–H groups in total. The van der Waals surface area contributed by atoms with Crippen molar-refractivity contribution in [3.63, 3.8) is 0 Å². The number of aromatic nitrogens is 4. The minimum atomic E-state index is 0.416. The first-order chi connectivity index (χ1) is 10.3. The maximum Gasteiger partial charge on any atom is 0.165 e. The lowest BCUT2D eigenvalue weighted by atomic mass is 10.1. The molecule has 3 aromatic rings. The summed E-state index contributed by atoms with van der Waals surface area (Å²) in [5, 5.41) is 0.891. The van der Waals surface area contributed by atoms with Crippen molar-refractivity contribution >= 4 is 16.9 Å². The Morgan fingerprint density at radius 1 is 1.14 bits per heavy atom. The van der Waals surface area contributed by atoms with Crippen LogP contribution in [-0.4, -0.2) is 33.7 Å². The zero-order valence-corrected chi connectivity index (χ0v) is 11.7. The fraction of sp³-hybridized carbons (Fsp3) is 0.200. The van der Waals surface area contributed by atoms with Gasteiger partial charge >= 0.3 is 0 Å². The lowest BCUT2D eigenvalue weighted by molar-refractivity contribution is 0.202. The van der Waals surface area contributed by atoms with Crippen molar-refractivity contribution in [2.24, 2.45) is 0 Å². The van der Waals surface area contributed by atoms with Crippen LogP contribution >= 0.6 is 0 Å². The summed E-state index contributed by atoms with van der Waals surface area (Å²) in [7, 11) is 1.67. The maximum absolute atomic E-state index is 6.02. The SMILES string of the molecule is COCCc1ccnc(N)c1-c1ncc2cccnc2n1. The van der Waals surface area contributed by atoms with Crippen molar-refractivity contribution in [3.8, 4) is 11.4 Å². The molecule has 3 aromatic heterocycles. The van der Waals surface area contributed by atoms with Gasteiger partial charge in [0, 0.05) is 31.1 Å². The highest BCUT2D eigenvalue weighted by Gasteiger charge is 2.13. The molecule has 0 aliphatic rings. The summed E-state index contributed by atoms with van der Waals surface area (Å²) in [6.45, 7) is 0.599. The van der Waals surface area contributed by atoms with Crippen molar-refractivity contribution in [2.45, 2.75) is 6.42 Å². The summed E-state index contributed by atoms with van der Waals surface area (Å²) in [6, 6.07) is 5.69. The van der Waals surface area contributed by atoms with Gasteiger partial charge in [0.15, 0.2) is 11.5 Å². The molecule has 0 aromatic carbocycles. The number of hydrogen-bond acceptors (Lipinski definition) is 6. The maximum atomic E-state index is 6.02. The molecule has 21 heavy (non-hydrogen) atoms. The summed E-state index contributed by atoms with van der Waals surface area (Å²) in [4.78, 5) is 17.3. The van der Waals surface area contributed by atoms with Gasteiger partial charge in [0.2, 0.25) is 0 Å². The molecule has 6 heteroatoms. The van der Waals surface area contributed by atoms with E-state index in [4.69, 9.17) is 10.5 Å². The van der Waals surface area contributed by atoms with Gasteiger partial charge in [-0.1, -0.05) is 0 Å². The minimum absolute atomic E-state index is 0.416. The van der Waals surface area contributed by atoms with Gasteiger partial charge in [-0.3, -0.25) is 0 Å². The number of methoxy groups -OCH3 is 1. The van der Waals surface area contributed by atoms with Crippen molar-refractivity contribution in [2.75, 3.05) is 19.5 Å². The molecule has 0 fully saturated rings. The molecule has 0 unspecified atom stereocenters. The van der Waals surface area contributed by atoms with Crippen LogP contribution in [0.2, 0.25) is 0 Å². The molecule has 0 spiro atoms. The fourth-order valence-electron chi connectivity index (χ4n) is 2.18. The van der Waals surface area contributed by atoms with E-state index in [1.807, 2.05) is 18.2 Å². The van der Waals surface area contributed by atoms with Crippen LogP contribution < -0.4 is 5.73 Å². The van der Waals surface area contributed by atoms with E-state index in [9.17, 15) is 0 Å². The fourth-order valence-corrected chi connectivity index (χ4v) is 2.18. The Bertz CT molecular complexity index is 775. The normalized spacial score (nSPS) is 10.9. The van der Waals surface area contributed by atoms with E-state index in [1.165, 1.54) is 0 Å². The molecule has 0 aliphatic heterocycles. The first-order valence-electron chi connectivity index (χ1n) is 6.60. The molecule has 6 nitrogen and oxygen atoms in total. The second-order valence-corrected chi connectivity index (χ2v) is 4.58. The Balaban J connectivity index is 2.12. The lowest BCUT2D eigenvalue weighted by Crippen LogP contribution is -2.04. The van der Waals surface area contributed by atoms with Gasteiger partial charge in [-0.05, 0) is 30.2 Å². The van der Waals surface area contributed by atoms with E-state index >= 15 is 0 Å². The van der Waals surface area contributed by atoms with Crippen molar-refractivity contribution in [3.05, 3.63) is 42.4 Å². The third kappa shape index (κ3) is 2.66. The first-order valence-corrected chi connectivity index (χ1v) is 6.60. The third-order valence-electron chi connectivity index (χ3n) is 3.22. The highest BCUT2D eigenvalue weighted by atomic mass is 16.5. The topological polar surface area (TPSA) is 86.8 Å². The number of fused-ring (bicyclic) bond motifs is 1. The summed E-state index contributed by atoms with van der Waals surface area (Å²) in [5.41, 5.74) is 8.42. The molecule has 0 bridgehead atoms. The molecule has 0 saturated heterocycles. The van der Waals surface area contributed by atoms with Crippen LogP contribution in [0.5, 0.6) is 0 Å². The Hall–Kier alpha value is -2.60. The highest BCUT2D eigenvalue weighted by molar-refractivity contribution is 5.78. The zero-order chi connectivity index (χ0) is 14.7. The van der Waals surface area contributed by atoms with E-state index in [1.54, 1.807) is 25.7 Å². The van der Waals surface area contributed by atoms with E-state index in [0.29, 0.717) is 23.9 Å². The average Bonchev–Trinajstić information content (AvgIpc) is 2.52. The van der Waals surface area contributed by atoms with Crippen LogP contribution in [0.25, 0.3) is 22.4 Å². The Kier molecular flexibility index (Phi) is 3.70. The summed E-state index contributed by atoms with van der Waals surface area (Å²) >= 11 is 0. The van der Waals surface area contributed by atoms with Gasteiger partial charge in [-0.25, -0.2) is 19.9 Å². The van der Waals surface area contributed by atoms with Crippen LogP contribution in [0.3, 0.4) is 0 Å². The zero-order valence-electron chi connectivity index (χ0n) is 11.7. The number of nitrogens with zero attached hydrogens (tertiary/aromatic N) is 4. The van der Waals surface area contributed by atoms with Crippen molar-refractivity contribution in [1.29, 1.82) is 0 Å². The Morgan fingerprint density at radius 2 is 2.05 bits per heavy atom. The average molecular weight is 281 g/mol. The van der Waals surface area contributed by atoms with E-state index in [0.717, 1.165) is 22.9 Å². The molecule has 0 radical (unpaired) electrons. The summed E-state index contributed by atoms with van der Waals surface area (Å²) in [6.07, 6.45) is 5.86. The number of ether oxygens (including phenoxy) is 1. The molecule has 0 aliphatic carbocycles. The second kappa shape index (κ2) is 5.80. The highest BCUT2D eigenvalue weighted by Crippen LogP contribution is 2.26. The van der Waals surface area contributed by atoms with Crippen LogP contribution in [0.1, 0.15) is 5.56 Å². The summed E-state index contributed by atoms with van der Waals surface area (Å²) in [5.74, 6) is 0.955.